The maximum atomic E-state index is 5.32. The van der Waals surface area contributed by atoms with Gasteiger partial charge >= 0.3 is 0 Å². The molecule has 2 aromatic rings. The number of hydrogen-bond acceptors (Lipinski definition) is 4. The highest BCUT2D eigenvalue weighted by Crippen LogP contribution is 1.99. The van der Waals surface area contributed by atoms with Crippen molar-refractivity contribution < 1.29 is 4.84 Å². The molecule has 0 fully saturated rings. The van der Waals surface area contributed by atoms with E-state index in [4.69, 9.17) is 4.84 Å². The second-order valence-corrected chi connectivity index (χ2v) is 3.40. The van der Waals surface area contributed by atoms with E-state index in [2.05, 4.69) is 15.6 Å². The van der Waals surface area contributed by atoms with Gasteiger partial charge in [-0.1, -0.05) is 30.3 Å². The third-order valence-electron chi connectivity index (χ3n) is 2.22. The van der Waals surface area contributed by atoms with Gasteiger partial charge in [-0.3, -0.25) is 9.52 Å². The van der Waals surface area contributed by atoms with Crippen molar-refractivity contribution in [2.24, 2.45) is 7.05 Å². The molecule has 0 amide bonds. The first kappa shape index (κ1) is 10.8. The van der Waals surface area contributed by atoms with Gasteiger partial charge in [0.1, 0.15) is 12.2 Å². The van der Waals surface area contributed by atoms with Gasteiger partial charge in [0.25, 0.3) is 0 Å². The lowest BCUT2D eigenvalue weighted by atomic mass is 10.2. The van der Waals surface area contributed by atoms with Crippen LogP contribution in [-0.2, 0) is 25.0 Å². The van der Waals surface area contributed by atoms with E-state index < -0.39 is 0 Å². The monoisotopic (exact) mass is 218 g/mol. The first-order valence-corrected chi connectivity index (χ1v) is 5.07. The Balaban J connectivity index is 1.72. The average molecular weight is 218 g/mol. The molecule has 0 saturated carbocycles. The van der Waals surface area contributed by atoms with Gasteiger partial charge in [-0.05, 0) is 5.56 Å². The molecule has 84 valence electrons. The molecule has 2 rings (SSSR count). The fourth-order valence-electron chi connectivity index (χ4n) is 1.30. The third-order valence-corrected chi connectivity index (χ3v) is 2.22. The molecule has 0 atom stereocenters. The van der Waals surface area contributed by atoms with Crippen LogP contribution in [0.25, 0.3) is 0 Å². The zero-order valence-corrected chi connectivity index (χ0v) is 9.13. The zero-order chi connectivity index (χ0) is 11.2. The lowest BCUT2D eigenvalue weighted by Gasteiger charge is -2.05. The summed E-state index contributed by atoms with van der Waals surface area (Å²) in [6.45, 7) is 1.09. The van der Waals surface area contributed by atoms with Gasteiger partial charge in [0.05, 0.1) is 13.2 Å². The fourth-order valence-corrected chi connectivity index (χ4v) is 1.30. The minimum atomic E-state index is 0.540. The lowest BCUT2D eigenvalue weighted by molar-refractivity contribution is 0.0216. The summed E-state index contributed by atoms with van der Waals surface area (Å²) < 4.78 is 1.71. The second kappa shape index (κ2) is 5.39. The molecule has 0 unspecified atom stereocenters. The normalized spacial score (nSPS) is 10.6. The Kier molecular flexibility index (Phi) is 3.63. The summed E-state index contributed by atoms with van der Waals surface area (Å²) in [4.78, 5) is 9.39. The van der Waals surface area contributed by atoms with Gasteiger partial charge in [-0.15, -0.1) is 0 Å². The Bertz CT molecular complexity index is 427. The second-order valence-electron chi connectivity index (χ2n) is 3.40. The van der Waals surface area contributed by atoms with E-state index in [9.17, 15) is 0 Å². The van der Waals surface area contributed by atoms with Crippen LogP contribution in [0, 0.1) is 0 Å². The summed E-state index contributed by atoms with van der Waals surface area (Å²) in [5.41, 5.74) is 3.99. The van der Waals surface area contributed by atoms with Crippen LogP contribution < -0.4 is 5.48 Å². The number of hydroxylamine groups is 1. The first-order chi connectivity index (χ1) is 7.86. The summed E-state index contributed by atoms with van der Waals surface area (Å²) in [6, 6.07) is 9.99. The molecule has 5 nitrogen and oxygen atoms in total. The highest BCUT2D eigenvalue weighted by molar-refractivity contribution is 5.13. The molecule has 1 heterocycles. The van der Waals surface area contributed by atoms with Gasteiger partial charge in [0.2, 0.25) is 0 Å². The van der Waals surface area contributed by atoms with Gasteiger partial charge in [0, 0.05) is 7.05 Å². The van der Waals surface area contributed by atoms with Crippen LogP contribution >= 0.6 is 0 Å². The van der Waals surface area contributed by atoms with Crippen molar-refractivity contribution in [2.45, 2.75) is 13.2 Å². The predicted molar refractivity (Wildman–Crippen MR) is 59.1 cm³/mol. The minimum absolute atomic E-state index is 0.540. The quantitative estimate of drug-likeness (QED) is 0.601. The maximum Gasteiger partial charge on any atom is 0.142 e. The van der Waals surface area contributed by atoms with E-state index in [1.54, 1.807) is 4.68 Å². The van der Waals surface area contributed by atoms with Gasteiger partial charge in [-0.2, -0.15) is 10.6 Å². The minimum Gasteiger partial charge on any atom is -0.297 e. The van der Waals surface area contributed by atoms with Crippen LogP contribution in [-0.4, -0.2) is 14.8 Å². The average Bonchev–Trinajstić information content (AvgIpc) is 2.72. The Morgan fingerprint density at radius 2 is 2.12 bits per heavy atom. The van der Waals surface area contributed by atoms with Crippen LogP contribution in [0.2, 0.25) is 0 Å². The molecule has 1 aromatic heterocycles. The van der Waals surface area contributed by atoms with Crippen molar-refractivity contribution in [1.29, 1.82) is 0 Å². The number of benzene rings is 1. The summed E-state index contributed by atoms with van der Waals surface area (Å²) in [5.74, 6) is 0.841. The Morgan fingerprint density at radius 1 is 1.31 bits per heavy atom. The molecule has 5 heteroatoms. The zero-order valence-electron chi connectivity index (χ0n) is 9.13. The smallest absolute Gasteiger partial charge is 0.142 e. The molecule has 0 radical (unpaired) electrons. The third kappa shape index (κ3) is 2.88. The number of nitrogens with one attached hydrogen (secondary N) is 1. The molecule has 0 bridgehead atoms. The topological polar surface area (TPSA) is 52.0 Å². The highest BCUT2D eigenvalue weighted by Gasteiger charge is 1.99. The van der Waals surface area contributed by atoms with E-state index in [1.165, 1.54) is 6.33 Å². The van der Waals surface area contributed by atoms with Crippen molar-refractivity contribution in [3.8, 4) is 0 Å². The summed E-state index contributed by atoms with van der Waals surface area (Å²) in [7, 11) is 1.85. The predicted octanol–water partition coefficient (Wildman–Crippen LogP) is 1.04. The first-order valence-electron chi connectivity index (χ1n) is 5.07. The van der Waals surface area contributed by atoms with E-state index in [0.29, 0.717) is 13.2 Å². The Morgan fingerprint density at radius 3 is 2.81 bits per heavy atom. The molecule has 1 N–H and O–H groups in total. The summed E-state index contributed by atoms with van der Waals surface area (Å²) in [5, 5.41) is 3.96. The lowest BCUT2D eigenvalue weighted by Crippen LogP contribution is -2.17. The van der Waals surface area contributed by atoms with Crippen LogP contribution in [0.1, 0.15) is 11.4 Å². The number of aryl methyl sites for hydroxylation is 1. The summed E-state index contributed by atoms with van der Waals surface area (Å²) >= 11 is 0. The van der Waals surface area contributed by atoms with Gasteiger partial charge in [0.15, 0.2) is 0 Å². The van der Waals surface area contributed by atoms with Crippen molar-refractivity contribution in [1.82, 2.24) is 20.2 Å². The standard InChI is InChI=1S/C11H14N4O/c1-15-11(12-9-13-15)7-14-16-8-10-5-3-2-4-6-10/h2-6,9,14H,7-8H2,1H3. The Hall–Kier alpha value is -1.72. The van der Waals surface area contributed by atoms with Gasteiger partial charge in [-0.25, -0.2) is 4.98 Å². The molecule has 16 heavy (non-hydrogen) atoms. The van der Waals surface area contributed by atoms with Gasteiger partial charge < -0.3 is 0 Å². The summed E-state index contributed by atoms with van der Waals surface area (Å²) in [6.07, 6.45) is 1.52. The maximum absolute atomic E-state index is 5.32. The molecule has 0 aliphatic rings. The van der Waals surface area contributed by atoms with Crippen molar-refractivity contribution in [3.05, 3.63) is 48.0 Å². The van der Waals surface area contributed by atoms with Crippen LogP contribution in [0.5, 0.6) is 0 Å². The van der Waals surface area contributed by atoms with Crippen molar-refractivity contribution in [2.75, 3.05) is 0 Å². The molecule has 0 saturated heterocycles. The van der Waals surface area contributed by atoms with E-state index in [-0.39, 0.29) is 0 Å². The molecule has 1 aromatic carbocycles. The van der Waals surface area contributed by atoms with Crippen LogP contribution in [0.3, 0.4) is 0 Å². The SMILES string of the molecule is Cn1ncnc1CNOCc1ccccc1. The largest absolute Gasteiger partial charge is 0.297 e. The van der Waals surface area contributed by atoms with Crippen molar-refractivity contribution in [3.63, 3.8) is 0 Å². The van der Waals surface area contributed by atoms with Crippen molar-refractivity contribution >= 4 is 0 Å². The molecule has 0 aliphatic heterocycles. The molecular weight excluding hydrogens is 204 g/mol. The van der Waals surface area contributed by atoms with E-state index >= 15 is 0 Å². The molecular formula is C11H14N4O. The number of aromatic nitrogens is 3. The highest BCUT2D eigenvalue weighted by atomic mass is 16.6. The van der Waals surface area contributed by atoms with E-state index in [1.807, 2.05) is 37.4 Å². The molecule has 0 aliphatic carbocycles. The Labute approximate surface area is 94.0 Å². The molecule has 0 spiro atoms. The van der Waals surface area contributed by atoms with Crippen LogP contribution in [0.4, 0.5) is 0 Å². The number of hydrogen-bond donors (Lipinski definition) is 1. The number of nitrogens with zero attached hydrogens (tertiary/aromatic N) is 3. The number of rotatable bonds is 5. The van der Waals surface area contributed by atoms with E-state index in [0.717, 1.165) is 11.4 Å². The van der Waals surface area contributed by atoms with Crippen LogP contribution in [0.15, 0.2) is 36.7 Å². The fraction of sp³-hybridized carbons (Fsp3) is 0.273.